The van der Waals surface area contributed by atoms with Gasteiger partial charge in [0.05, 0.1) is 112 Å². The summed E-state index contributed by atoms with van der Waals surface area (Å²) in [5.41, 5.74) is 17.9. The van der Waals surface area contributed by atoms with Crippen LogP contribution in [0.3, 0.4) is 0 Å². The number of carbonyl (C=O) groups excluding carboxylic acids is 2. The molecule has 0 saturated heterocycles. The van der Waals surface area contributed by atoms with Crippen LogP contribution in [0.5, 0.6) is 0 Å². The largest absolute Gasteiger partial charge is 0.463 e. The number of unbranched alkanes of at least 4 members (excludes halogenated alkanes) is 2. The Hall–Kier alpha value is -10.7. The predicted octanol–water partition coefficient (Wildman–Crippen LogP) is 19.5. The molecule has 107 heavy (non-hydrogen) atoms. The van der Waals surface area contributed by atoms with Gasteiger partial charge in [-0.3, -0.25) is 0 Å². The van der Waals surface area contributed by atoms with E-state index in [2.05, 4.69) is 186 Å². The normalized spacial score (nSPS) is 11.2. The fourth-order valence-corrected chi connectivity index (χ4v) is 14.2. The number of aryl methyl sites for hydroxylation is 8. The molecular weight excluding hydrogens is 1410 g/mol. The minimum Gasteiger partial charge on any atom is -0.463 e. The average Bonchev–Trinajstić information content (AvgIpc) is 1.71. The summed E-state index contributed by atoms with van der Waals surface area (Å²) in [4.78, 5) is 41.3. The van der Waals surface area contributed by atoms with Crippen LogP contribution in [0.15, 0.2) is 228 Å². The van der Waals surface area contributed by atoms with Gasteiger partial charge in [-0.05, 0) is 168 Å². The van der Waals surface area contributed by atoms with Crippen LogP contribution < -0.4 is 20.0 Å². The van der Waals surface area contributed by atoms with Crippen LogP contribution in [-0.2, 0) is 28.5 Å². The molecule has 22 heteroatoms. The second-order valence-corrected chi connectivity index (χ2v) is 29.0. The molecule has 0 spiro atoms. The third kappa shape index (κ3) is 25.0. The third-order valence-corrected chi connectivity index (χ3v) is 20.6. The van der Waals surface area contributed by atoms with E-state index in [0.717, 1.165) is 116 Å². The zero-order valence-corrected chi connectivity index (χ0v) is 65.5. The van der Waals surface area contributed by atoms with Crippen LogP contribution in [0.2, 0.25) is 0 Å². The lowest BCUT2D eigenvalue weighted by atomic mass is 10.1. The van der Waals surface area contributed by atoms with E-state index >= 15 is 0 Å². The highest BCUT2D eigenvalue weighted by molar-refractivity contribution is 7.23. The molecule has 18 nitrogen and oxygen atoms in total. The van der Waals surface area contributed by atoms with Crippen molar-refractivity contribution < 1.29 is 28.5 Å². The number of hydrazone groups is 4. The highest BCUT2D eigenvalue weighted by Crippen LogP contribution is 2.33. The first-order valence-corrected chi connectivity index (χ1v) is 38.5. The summed E-state index contributed by atoms with van der Waals surface area (Å²) < 4.78 is 25.4. The zero-order valence-electron chi connectivity index (χ0n) is 62.3. The maximum atomic E-state index is 11.3. The Morgan fingerprint density at radius 3 is 1.06 bits per heavy atom. The van der Waals surface area contributed by atoms with Gasteiger partial charge in [-0.2, -0.15) is 20.4 Å². The van der Waals surface area contributed by atoms with Crippen molar-refractivity contribution in [1.82, 2.24) is 19.9 Å². The van der Waals surface area contributed by atoms with Gasteiger partial charge >= 0.3 is 11.9 Å². The van der Waals surface area contributed by atoms with Crippen molar-refractivity contribution in [3.8, 4) is 0 Å². The fraction of sp³-hybridized carbons (Fsp3) is 0.247. The maximum absolute atomic E-state index is 11.3. The molecule has 4 heterocycles. The highest BCUT2D eigenvalue weighted by atomic mass is 32.1. The van der Waals surface area contributed by atoms with Crippen LogP contribution in [0, 0.1) is 55.4 Å². The lowest BCUT2D eigenvalue weighted by Crippen LogP contribution is -2.23. The van der Waals surface area contributed by atoms with Crippen molar-refractivity contribution in [2.24, 2.45) is 20.4 Å². The van der Waals surface area contributed by atoms with Gasteiger partial charge in [-0.25, -0.2) is 49.6 Å². The topological polar surface area (TPSA) is 185 Å². The number of thiazole rings is 4. The molecule has 552 valence electrons. The number of ether oxygens (including phenoxy) is 4. The van der Waals surface area contributed by atoms with Gasteiger partial charge in [0.25, 0.3) is 0 Å². The van der Waals surface area contributed by atoms with E-state index in [1.165, 1.54) is 49.7 Å². The number of methoxy groups -OCH3 is 1. The van der Waals surface area contributed by atoms with E-state index in [1.807, 2.05) is 125 Å². The Kier molecular flexibility index (Phi) is 31.4. The van der Waals surface area contributed by atoms with Crippen LogP contribution in [0.1, 0.15) is 86.0 Å². The summed E-state index contributed by atoms with van der Waals surface area (Å²) >= 11 is 6.47. The smallest absolute Gasteiger partial charge is 0.330 e. The standard InChI is InChI=1S/C24H27N3O2S.C21H25N3O2S.C21H21N3O2S.C19H19N3S/c1-4-23(28)29-15-9-5-8-14-27(24-26-21-10-6-7-11-22(21)30-24)25-17-20-16-18(2)12-13-19(20)3;1-16-8-9-17(2)18(14-16)15-22-24(10-11-26-13-12-25-3)21-23-19-6-4-5-7-20(19)27-21;1-4-20(25)26-12-11-24(21-23-18-7-5-6-8-19(18)27-21)22-14-17-13-15(2)9-10-16(17)3;1-4-11-22(19-21-17-7-5-6-8-18(17)23-19)20-13-16-12-14(2)9-10-15(16)3/h4,6-7,10-13,16-17H,1,5,8-9,14-15H2,2-3H3;4-9,14-15H,10-13H2,1-3H3;4-10,13-14H,1,11-12H2,2-3H3;4-10,12-13H,1,11H2,2-3H3/b25-17+;22-15+;22-14+;20-13+. The van der Waals surface area contributed by atoms with Gasteiger partial charge in [0.1, 0.15) is 6.61 Å². The molecule has 0 bridgehead atoms. The number of aromatic nitrogens is 4. The van der Waals surface area contributed by atoms with Gasteiger partial charge in [-0.15, -0.1) is 6.58 Å². The number of nitrogens with zero attached hydrogens (tertiary/aromatic N) is 12. The summed E-state index contributed by atoms with van der Waals surface area (Å²) in [5.74, 6) is -0.818. The zero-order chi connectivity index (χ0) is 75.9. The summed E-state index contributed by atoms with van der Waals surface area (Å²) in [6.07, 6.45) is 14.4. The molecule has 0 aliphatic heterocycles. The second-order valence-electron chi connectivity index (χ2n) is 24.9. The first-order valence-electron chi connectivity index (χ1n) is 35.2. The lowest BCUT2D eigenvalue weighted by Gasteiger charge is -2.16. The minimum atomic E-state index is -0.447. The second kappa shape index (κ2) is 41.8. The number of anilines is 4. The Morgan fingerprint density at radius 2 is 0.710 bits per heavy atom. The van der Waals surface area contributed by atoms with Crippen LogP contribution in [-0.4, -0.2) is 123 Å². The quantitative estimate of drug-likeness (QED) is 0.00998. The molecular formula is C85H92N12O6S4. The van der Waals surface area contributed by atoms with Gasteiger partial charge in [0.15, 0.2) is 0 Å². The van der Waals surface area contributed by atoms with Crippen molar-refractivity contribution in [2.75, 3.05) is 86.4 Å². The Morgan fingerprint density at radius 1 is 0.383 bits per heavy atom. The van der Waals surface area contributed by atoms with Crippen LogP contribution >= 0.6 is 45.3 Å². The Balaban J connectivity index is 0.000000165. The van der Waals surface area contributed by atoms with Crippen molar-refractivity contribution in [3.05, 3.63) is 275 Å². The van der Waals surface area contributed by atoms with E-state index in [0.29, 0.717) is 46.1 Å². The first-order chi connectivity index (χ1) is 52.0. The van der Waals surface area contributed by atoms with E-state index in [9.17, 15) is 9.59 Å². The number of esters is 2. The predicted molar refractivity (Wildman–Crippen MR) is 451 cm³/mol. The molecule has 0 atom stereocenters. The number of hydrogen-bond acceptors (Lipinski definition) is 22. The number of fused-ring (bicyclic) bond motifs is 4. The SMILES string of the molecule is C=CC(=O)OCCCCCN(/N=C/c1cc(C)ccc1C)c1nc2ccccc2s1.C=CC(=O)OCCN(/N=C/c1cc(C)ccc1C)c1nc2ccccc2s1.C=CCN(/N=C/c1cc(C)ccc1C)c1nc2ccccc2s1.COCCOCCN(/N=C/c1cc(C)ccc1C)c1nc2ccccc2s1. The summed E-state index contributed by atoms with van der Waals surface area (Å²) in [5, 5.41) is 29.7. The summed E-state index contributed by atoms with van der Waals surface area (Å²) in [6.45, 7) is 32.0. The molecule has 0 aliphatic carbocycles. The fourth-order valence-electron chi connectivity index (χ4n) is 10.4. The Labute approximate surface area is 643 Å². The number of carbonyl (C=O) groups is 2. The molecule has 0 N–H and O–H groups in total. The molecule has 4 aromatic heterocycles. The van der Waals surface area contributed by atoms with E-state index in [4.69, 9.17) is 39.1 Å². The van der Waals surface area contributed by atoms with Crippen molar-refractivity contribution in [3.63, 3.8) is 0 Å². The highest BCUT2D eigenvalue weighted by Gasteiger charge is 2.17. The van der Waals surface area contributed by atoms with E-state index in [1.54, 1.807) is 57.5 Å². The van der Waals surface area contributed by atoms with Gasteiger partial charge in [0.2, 0.25) is 20.5 Å². The van der Waals surface area contributed by atoms with Crippen LogP contribution in [0.25, 0.3) is 40.9 Å². The molecule has 0 amide bonds. The molecule has 0 radical (unpaired) electrons. The molecule has 0 aliphatic rings. The number of rotatable bonds is 31. The van der Waals surface area contributed by atoms with Crippen molar-refractivity contribution in [2.45, 2.75) is 74.7 Å². The third-order valence-electron chi connectivity index (χ3n) is 16.4. The molecule has 0 fully saturated rings. The molecule has 0 saturated carbocycles. The average molecular weight is 1510 g/mol. The van der Waals surface area contributed by atoms with Gasteiger partial charge in [0, 0.05) is 25.8 Å². The van der Waals surface area contributed by atoms with E-state index < -0.39 is 5.97 Å². The van der Waals surface area contributed by atoms with E-state index in [-0.39, 0.29) is 12.6 Å². The summed E-state index contributed by atoms with van der Waals surface area (Å²) in [7, 11) is 1.67. The van der Waals surface area contributed by atoms with Crippen molar-refractivity contribution in [1.29, 1.82) is 0 Å². The van der Waals surface area contributed by atoms with Gasteiger partial charge < -0.3 is 18.9 Å². The number of hydrogen-bond donors (Lipinski definition) is 0. The molecule has 8 aromatic carbocycles. The molecule has 12 rings (SSSR count). The lowest BCUT2D eigenvalue weighted by molar-refractivity contribution is -0.138. The van der Waals surface area contributed by atoms with Crippen LogP contribution in [0.4, 0.5) is 20.5 Å². The molecule has 12 aromatic rings. The monoisotopic (exact) mass is 1500 g/mol. The number of benzene rings is 8. The summed E-state index contributed by atoms with van der Waals surface area (Å²) in [6, 6.07) is 57.7. The number of para-hydroxylation sites is 4. The maximum Gasteiger partial charge on any atom is 0.330 e. The first kappa shape index (κ1) is 80.4. The minimum absolute atomic E-state index is 0.199. The Bertz CT molecular complexity index is 4920. The molecule has 0 unspecified atom stereocenters. The van der Waals surface area contributed by atoms with Gasteiger partial charge in [-0.1, -0.05) is 208 Å². The van der Waals surface area contributed by atoms with Crippen molar-refractivity contribution >= 4 is 144 Å².